The van der Waals surface area contributed by atoms with Gasteiger partial charge in [-0.15, -0.1) is 0 Å². The van der Waals surface area contributed by atoms with E-state index in [4.69, 9.17) is 0 Å². The zero-order valence-electron chi connectivity index (χ0n) is 17.0. The summed E-state index contributed by atoms with van der Waals surface area (Å²) in [6.07, 6.45) is 3.90. The second kappa shape index (κ2) is 8.37. The van der Waals surface area contributed by atoms with Crippen molar-refractivity contribution in [3.63, 3.8) is 0 Å². The number of aliphatic hydroxyl groups is 1. The number of rotatable bonds is 6. The quantitative estimate of drug-likeness (QED) is 0.497. The topological polar surface area (TPSA) is 73.3 Å². The summed E-state index contributed by atoms with van der Waals surface area (Å²) >= 11 is -0.331. The summed E-state index contributed by atoms with van der Waals surface area (Å²) in [5.41, 5.74) is 6.92. The minimum atomic E-state index is -0.565. The first-order valence-corrected chi connectivity index (χ1v) is 13.1. The molecule has 1 unspecified atom stereocenters. The van der Waals surface area contributed by atoms with Gasteiger partial charge in [-0.25, -0.2) is 0 Å². The van der Waals surface area contributed by atoms with Gasteiger partial charge in [0.2, 0.25) is 0 Å². The fourth-order valence-corrected chi connectivity index (χ4v) is 7.67. The number of hydrogen-bond acceptors (Lipinski definition) is 3. The van der Waals surface area contributed by atoms with Gasteiger partial charge in [-0.3, -0.25) is 0 Å². The van der Waals surface area contributed by atoms with Gasteiger partial charge in [0, 0.05) is 0 Å². The van der Waals surface area contributed by atoms with Crippen LogP contribution in [0.15, 0.2) is 41.2 Å². The molecule has 0 saturated carbocycles. The summed E-state index contributed by atoms with van der Waals surface area (Å²) in [5, 5.41) is 22.4. The van der Waals surface area contributed by atoms with E-state index in [0.29, 0.717) is 10.2 Å². The van der Waals surface area contributed by atoms with Crippen molar-refractivity contribution >= 4 is 26.7 Å². The number of aliphatic hydroxyl groups excluding tert-OH is 1. The van der Waals surface area contributed by atoms with Crippen LogP contribution in [0, 0.1) is 0 Å². The summed E-state index contributed by atoms with van der Waals surface area (Å²) < 4.78 is 0.680. The molecule has 29 heavy (non-hydrogen) atoms. The molecule has 0 fully saturated rings. The molecule has 0 radical (unpaired) electrons. The maximum atomic E-state index is 11.6. The Labute approximate surface area is 177 Å². The number of hydrogen-bond donors (Lipinski definition) is 3. The van der Waals surface area contributed by atoms with E-state index in [1.54, 1.807) is 18.2 Å². The molecule has 4 rings (SSSR count). The van der Waals surface area contributed by atoms with Crippen molar-refractivity contribution in [2.45, 2.75) is 55.5 Å². The monoisotopic (exact) mass is 453 g/mol. The molecular weight excluding hydrogens is 425 g/mol. The molecule has 4 nitrogen and oxygen atoms in total. The number of aryl methyl sites for hydroxylation is 2. The summed E-state index contributed by atoms with van der Waals surface area (Å²) in [7, 11) is 0. The van der Waals surface area contributed by atoms with Crippen LogP contribution < -0.4 is 5.56 Å². The van der Waals surface area contributed by atoms with Crippen molar-refractivity contribution in [3.05, 3.63) is 74.6 Å². The Bertz CT molecular complexity index is 1070. The predicted molar refractivity (Wildman–Crippen MR) is 120 cm³/mol. The predicted octanol–water partition coefficient (Wildman–Crippen LogP) is 3.83. The van der Waals surface area contributed by atoms with Crippen LogP contribution >= 0.6 is 0 Å². The van der Waals surface area contributed by atoms with Crippen molar-refractivity contribution in [3.8, 4) is 5.75 Å². The van der Waals surface area contributed by atoms with Crippen LogP contribution in [0.5, 0.6) is 5.75 Å². The van der Waals surface area contributed by atoms with Gasteiger partial charge in [-0.05, 0) is 0 Å². The number of H-pyrrole nitrogens is 1. The van der Waals surface area contributed by atoms with Gasteiger partial charge in [-0.1, -0.05) is 0 Å². The molecule has 0 aliphatic heterocycles. The van der Waals surface area contributed by atoms with Gasteiger partial charge in [0.25, 0.3) is 0 Å². The molecule has 2 aromatic carbocycles. The molecule has 1 aromatic heterocycles. The Balaban J connectivity index is 1.48. The average molecular weight is 453 g/mol. The van der Waals surface area contributed by atoms with Gasteiger partial charge < -0.3 is 0 Å². The second-order valence-electron chi connectivity index (χ2n) is 7.91. The normalized spacial score (nSPS) is 15.4. The maximum absolute atomic E-state index is 11.6. The van der Waals surface area contributed by atoms with E-state index < -0.39 is 6.10 Å². The Hall–Kier alpha value is -2.03. The molecule has 2 atom stereocenters. The number of pyridine rings is 1. The van der Waals surface area contributed by atoms with E-state index in [2.05, 4.69) is 31.0 Å². The first-order chi connectivity index (χ1) is 14.0. The van der Waals surface area contributed by atoms with Crippen LogP contribution in [0.1, 0.15) is 47.8 Å². The number of nitrogens with one attached hydrogen (secondary N) is 1. The van der Waals surface area contributed by atoms with E-state index in [0.717, 1.165) is 41.8 Å². The molecule has 152 valence electrons. The van der Waals surface area contributed by atoms with Gasteiger partial charge in [0.1, 0.15) is 0 Å². The number of phenols is 1. The third-order valence-electron chi connectivity index (χ3n) is 6.08. The van der Waals surface area contributed by atoms with Crippen LogP contribution in [-0.4, -0.2) is 30.9 Å². The van der Waals surface area contributed by atoms with Gasteiger partial charge in [-0.2, -0.15) is 0 Å². The van der Waals surface area contributed by atoms with Crippen LogP contribution in [0.2, 0.25) is 9.91 Å². The van der Waals surface area contributed by atoms with Crippen LogP contribution in [0.3, 0.4) is 0 Å². The molecule has 3 N–H and O–H groups in total. The van der Waals surface area contributed by atoms with E-state index >= 15 is 0 Å². The Kier molecular flexibility index (Phi) is 5.85. The summed E-state index contributed by atoms with van der Waals surface area (Å²) in [5.74, 6) is 0.0365. The fourth-order valence-electron chi connectivity index (χ4n) is 4.51. The van der Waals surface area contributed by atoms with Gasteiger partial charge >= 0.3 is 178 Å². The summed E-state index contributed by atoms with van der Waals surface area (Å²) in [6, 6.07) is 11.3. The average Bonchev–Trinajstić information content (AvgIpc) is 3.13. The summed E-state index contributed by atoms with van der Waals surface area (Å²) in [4.78, 5) is 14.3. The van der Waals surface area contributed by atoms with Crippen molar-refractivity contribution < 1.29 is 10.2 Å². The zero-order chi connectivity index (χ0) is 20.5. The fraction of sp³-hybridized carbons (Fsp3) is 0.375. The number of aromatic amines is 1. The molecule has 0 bridgehead atoms. The van der Waals surface area contributed by atoms with Crippen LogP contribution in [0.25, 0.3) is 10.9 Å². The Morgan fingerprint density at radius 3 is 2.34 bits per heavy atom. The molecule has 1 aliphatic rings. The summed E-state index contributed by atoms with van der Waals surface area (Å²) in [6.45, 7) is 4.46. The second-order valence-corrected chi connectivity index (χ2v) is 11.3. The van der Waals surface area contributed by atoms with Crippen molar-refractivity contribution in [2.24, 2.45) is 0 Å². The number of fused-ring (bicyclic) bond motifs is 2. The van der Waals surface area contributed by atoms with Crippen LogP contribution in [-0.2, 0) is 25.7 Å². The molecule has 0 amide bonds. The molecule has 3 aromatic rings. The van der Waals surface area contributed by atoms with Crippen molar-refractivity contribution in [1.82, 2.24) is 4.98 Å². The molecule has 0 spiro atoms. The van der Waals surface area contributed by atoms with E-state index in [-0.39, 0.29) is 27.1 Å². The van der Waals surface area contributed by atoms with E-state index in [1.807, 2.05) is 0 Å². The first-order valence-electron chi connectivity index (χ1n) is 10.4. The standard InChI is InChI=1S/C24H28AsNO3/c1-3-14-9-16-11-18(12-17(16)10-15(14)4-2)25-13-22(28)19-5-7-21(27)24-20(19)6-8-23(29)26-24/h5-10,18,22,25,27-28H,3-4,11-13H2,1-2H3,(H,26,29)/t22-/m0/s1. The van der Waals surface area contributed by atoms with Crippen LogP contribution in [0.4, 0.5) is 0 Å². The molecule has 5 heteroatoms. The minimum absolute atomic E-state index is 0.0365. The number of aromatic hydroxyl groups is 1. The Morgan fingerprint density at radius 2 is 1.72 bits per heavy atom. The molecular formula is C24H28AsNO3. The third-order valence-corrected chi connectivity index (χ3v) is 9.46. The van der Waals surface area contributed by atoms with Crippen molar-refractivity contribution in [1.29, 1.82) is 0 Å². The van der Waals surface area contributed by atoms with Crippen molar-refractivity contribution in [2.75, 3.05) is 0 Å². The number of aromatic nitrogens is 1. The van der Waals surface area contributed by atoms with E-state index in [1.165, 1.54) is 28.3 Å². The molecule has 0 saturated heterocycles. The SMILES string of the molecule is CCc1cc2c(cc1CC)CC([AsH]C[C@H](O)c1ccc(O)c3[nH]c(=O)ccc13)C2. The first kappa shape index (κ1) is 20.2. The Morgan fingerprint density at radius 1 is 1.07 bits per heavy atom. The zero-order valence-corrected chi connectivity index (χ0v) is 19.1. The number of phenolic OH excluding ortho intramolecular Hbond substituents is 1. The van der Waals surface area contributed by atoms with E-state index in [9.17, 15) is 15.0 Å². The third kappa shape index (κ3) is 4.01. The number of benzene rings is 2. The molecule has 1 aliphatic carbocycles. The van der Waals surface area contributed by atoms with Gasteiger partial charge in [0.05, 0.1) is 0 Å². The van der Waals surface area contributed by atoms with Gasteiger partial charge in [0.15, 0.2) is 0 Å². The molecule has 1 heterocycles.